The molecule has 0 heterocycles. The Hall–Kier alpha value is -1.55. The SMILES string of the molecule is CC(C)Oc1ccc(CCNC(=O)CCCCN(C)C)cc1. The van der Waals surface area contributed by atoms with Gasteiger partial charge >= 0.3 is 0 Å². The van der Waals surface area contributed by atoms with Gasteiger partial charge in [0.1, 0.15) is 5.75 Å². The van der Waals surface area contributed by atoms with Crippen molar-refractivity contribution in [2.75, 3.05) is 27.2 Å². The van der Waals surface area contributed by atoms with E-state index in [0.29, 0.717) is 13.0 Å². The Labute approximate surface area is 134 Å². The summed E-state index contributed by atoms with van der Waals surface area (Å²) in [5.41, 5.74) is 1.21. The lowest BCUT2D eigenvalue weighted by atomic mass is 10.1. The van der Waals surface area contributed by atoms with Gasteiger partial charge in [-0.15, -0.1) is 0 Å². The minimum atomic E-state index is 0.151. The van der Waals surface area contributed by atoms with E-state index in [-0.39, 0.29) is 12.0 Å². The van der Waals surface area contributed by atoms with Gasteiger partial charge in [-0.05, 0) is 71.4 Å². The van der Waals surface area contributed by atoms with Crippen molar-refractivity contribution in [3.8, 4) is 5.75 Å². The zero-order valence-corrected chi connectivity index (χ0v) is 14.4. The largest absolute Gasteiger partial charge is 0.491 e. The number of ether oxygens (including phenoxy) is 1. The molecule has 0 radical (unpaired) electrons. The third kappa shape index (κ3) is 8.67. The average molecular weight is 306 g/mol. The molecule has 0 aliphatic heterocycles. The highest BCUT2D eigenvalue weighted by Gasteiger charge is 2.02. The van der Waals surface area contributed by atoms with Gasteiger partial charge in [-0.2, -0.15) is 0 Å². The summed E-state index contributed by atoms with van der Waals surface area (Å²) in [4.78, 5) is 13.9. The molecule has 22 heavy (non-hydrogen) atoms. The molecular formula is C18H30N2O2. The number of nitrogens with one attached hydrogen (secondary N) is 1. The second-order valence-corrected chi connectivity index (χ2v) is 6.17. The molecule has 0 atom stereocenters. The van der Waals surface area contributed by atoms with Crippen LogP contribution in [0.5, 0.6) is 5.75 Å². The number of rotatable bonds is 10. The minimum absolute atomic E-state index is 0.151. The zero-order chi connectivity index (χ0) is 16.4. The molecule has 1 N–H and O–H groups in total. The maximum atomic E-state index is 11.7. The van der Waals surface area contributed by atoms with Crippen molar-refractivity contribution in [3.63, 3.8) is 0 Å². The first-order valence-electron chi connectivity index (χ1n) is 8.14. The topological polar surface area (TPSA) is 41.6 Å². The van der Waals surface area contributed by atoms with Crippen LogP contribution < -0.4 is 10.1 Å². The number of amides is 1. The minimum Gasteiger partial charge on any atom is -0.491 e. The smallest absolute Gasteiger partial charge is 0.220 e. The number of carbonyl (C=O) groups is 1. The fourth-order valence-corrected chi connectivity index (χ4v) is 2.16. The summed E-state index contributed by atoms with van der Waals surface area (Å²) in [5, 5.41) is 2.98. The molecule has 1 amide bonds. The van der Waals surface area contributed by atoms with Crippen molar-refractivity contribution in [3.05, 3.63) is 29.8 Å². The van der Waals surface area contributed by atoms with Crippen LogP contribution in [0.2, 0.25) is 0 Å². The highest BCUT2D eigenvalue weighted by atomic mass is 16.5. The third-order valence-corrected chi connectivity index (χ3v) is 3.29. The molecule has 1 aromatic carbocycles. The van der Waals surface area contributed by atoms with E-state index in [1.165, 1.54) is 5.56 Å². The Bertz CT molecular complexity index is 427. The molecule has 0 aliphatic carbocycles. The van der Waals surface area contributed by atoms with Crippen LogP contribution in [0.1, 0.15) is 38.7 Å². The van der Waals surface area contributed by atoms with Gasteiger partial charge in [0.05, 0.1) is 6.10 Å². The molecule has 0 aliphatic rings. The monoisotopic (exact) mass is 306 g/mol. The van der Waals surface area contributed by atoms with Crippen LogP contribution in [-0.4, -0.2) is 44.1 Å². The number of carbonyl (C=O) groups excluding carboxylic acids is 1. The Kier molecular flexibility index (Phi) is 8.60. The van der Waals surface area contributed by atoms with Gasteiger partial charge in [0.25, 0.3) is 0 Å². The first kappa shape index (κ1) is 18.5. The standard InChI is InChI=1S/C18H30N2O2/c1-15(2)22-17-10-8-16(9-11-17)12-13-19-18(21)7-5-6-14-20(3)4/h8-11,15H,5-7,12-14H2,1-4H3,(H,19,21). The maximum absolute atomic E-state index is 11.7. The van der Waals surface area contributed by atoms with E-state index in [1.807, 2.05) is 26.0 Å². The van der Waals surface area contributed by atoms with Crippen molar-refractivity contribution in [1.82, 2.24) is 10.2 Å². The maximum Gasteiger partial charge on any atom is 0.220 e. The number of nitrogens with zero attached hydrogens (tertiary/aromatic N) is 1. The summed E-state index contributed by atoms with van der Waals surface area (Å²) in [7, 11) is 4.11. The van der Waals surface area contributed by atoms with Crippen LogP contribution >= 0.6 is 0 Å². The van der Waals surface area contributed by atoms with Crippen LogP contribution in [0.3, 0.4) is 0 Å². The Morgan fingerprint density at radius 2 is 1.86 bits per heavy atom. The number of hydrogen-bond donors (Lipinski definition) is 1. The molecule has 0 spiro atoms. The summed E-state index contributed by atoms with van der Waals surface area (Å²) < 4.78 is 5.61. The van der Waals surface area contributed by atoms with Crippen LogP contribution in [0.15, 0.2) is 24.3 Å². The van der Waals surface area contributed by atoms with Crippen LogP contribution in [0, 0.1) is 0 Å². The van der Waals surface area contributed by atoms with Gasteiger partial charge in [0.15, 0.2) is 0 Å². The molecule has 0 aromatic heterocycles. The number of benzene rings is 1. The number of unbranched alkanes of at least 4 members (excludes halogenated alkanes) is 1. The Balaban J connectivity index is 2.16. The summed E-state index contributed by atoms with van der Waals surface area (Å²) in [6.45, 7) is 5.76. The molecule has 4 heteroatoms. The fraction of sp³-hybridized carbons (Fsp3) is 0.611. The van der Waals surface area contributed by atoms with Crippen molar-refractivity contribution in [1.29, 1.82) is 0 Å². The number of hydrogen-bond acceptors (Lipinski definition) is 3. The lowest BCUT2D eigenvalue weighted by molar-refractivity contribution is -0.121. The molecular weight excluding hydrogens is 276 g/mol. The zero-order valence-electron chi connectivity index (χ0n) is 14.4. The molecule has 4 nitrogen and oxygen atoms in total. The second kappa shape index (κ2) is 10.2. The molecule has 0 bridgehead atoms. The molecule has 124 valence electrons. The van der Waals surface area contributed by atoms with Gasteiger partial charge in [-0.3, -0.25) is 4.79 Å². The lowest BCUT2D eigenvalue weighted by Gasteiger charge is -2.10. The Morgan fingerprint density at radius 3 is 2.45 bits per heavy atom. The normalized spacial score (nSPS) is 11.0. The quantitative estimate of drug-likeness (QED) is 0.676. The van der Waals surface area contributed by atoms with Gasteiger partial charge in [-0.1, -0.05) is 12.1 Å². The van der Waals surface area contributed by atoms with E-state index >= 15 is 0 Å². The molecule has 0 unspecified atom stereocenters. The van der Waals surface area contributed by atoms with Gasteiger partial charge < -0.3 is 15.0 Å². The summed E-state index contributed by atoms with van der Waals surface area (Å²) in [5.74, 6) is 1.04. The highest BCUT2D eigenvalue weighted by molar-refractivity contribution is 5.75. The summed E-state index contributed by atoms with van der Waals surface area (Å²) in [6, 6.07) is 8.08. The van der Waals surface area contributed by atoms with E-state index in [1.54, 1.807) is 0 Å². The van der Waals surface area contributed by atoms with Gasteiger partial charge in [0, 0.05) is 13.0 Å². The van der Waals surface area contributed by atoms with Gasteiger partial charge in [0.2, 0.25) is 5.91 Å². The van der Waals surface area contributed by atoms with Crippen LogP contribution in [0.25, 0.3) is 0 Å². The van der Waals surface area contributed by atoms with Crippen molar-refractivity contribution in [2.45, 2.75) is 45.6 Å². The average Bonchev–Trinajstić information content (AvgIpc) is 2.45. The molecule has 0 saturated carbocycles. The van der Waals surface area contributed by atoms with Crippen molar-refractivity contribution >= 4 is 5.91 Å². The van der Waals surface area contributed by atoms with Crippen LogP contribution in [0.4, 0.5) is 0 Å². The first-order valence-corrected chi connectivity index (χ1v) is 8.14. The lowest BCUT2D eigenvalue weighted by Crippen LogP contribution is -2.25. The molecule has 0 fully saturated rings. The summed E-state index contributed by atoms with van der Waals surface area (Å²) >= 11 is 0. The van der Waals surface area contributed by atoms with E-state index in [2.05, 4.69) is 36.4 Å². The fourth-order valence-electron chi connectivity index (χ4n) is 2.16. The highest BCUT2D eigenvalue weighted by Crippen LogP contribution is 2.13. The predicted molar refractivity (Wildman–Crippen MR) is 91.3 cm³/mol. The first-order chi connectivity index (χ1) is 10.5. The molecule has 1 aromatic rings. The van der Waals surface area contributed by atoms with E-state index in [4.69, 9.17) is 4.74 Å². The van der Waals surface area contributed by atoms with Crippen LogP contribution in [-0.2, 0) is 11.2 Å². The summed E-state index contributed by atoms with van der Waals surface area (Å²) in [6.07, 6.45) is 3.68. The molecule has 0 saturated heterocycles. The van der Waals surface area contributed by atoms with E-state index in [9.17, 15) is 4.79 Å². The van der Waals surface area contributed by atoms with Crippen molar-refractivity contribution < 1.29 is 9.53 Å². The van der Waals surface area contributed by atoms with E-state index in [0.717, 1.165) is 31.6 Å². The predicted octanol–water partition coefficient (Wildman–Crippen LogP) is 2.86. The van der Waals surface area contributed by atoms with Gasteiger partial charge in [-0.25, -0.2) is 0 Å². The third-order valence-electron chi connectivity index (χ3n) is 3.29. The molecule has 1 rings (SSSR count). The second-order valence-electron chi connectivity index (χ2n) is 6.17. The van der Waals surface area contributed by atoms with E-state index < -0.39 is 0 Å². The Morgan fingerprint density at radius 1 is 1.18 bits per heavy atom. The van der Waals surface area contributed by atoms with Crippen molar-refractivity contribution in [2.24, 2.45) is 0 Å².